The van der Waals surface area contributed by atoms with Crippen LogP contribution in [0.3, 0.4) is 0 Å². The van der Waals surface area contributed by atoms with Gasteiger partial charge in [0.25, 0.3) is 5.91 Å². The number of amides is 1. The van der Waals surface area contributed by atoms with Crippen molar-refractivity contribution in [3.05, 3.63) is 58.6 Å². The first-order valence-electron chi connectivity index (χ1n) is 6.31. The zero-order valence-electron chi connectivity index (χ0n) is 11.2. The molecule has 21 heavy (non-hydrogen) atoms. The van der Waals surface area contributed by atoms with Crippen LogP contribution < -0.4 is 10.6 Å². The maximum absolute atomic E-state index is 13.7. The summed E-state index contributed by atoms with van der Waals surface area (Å²) in [6.07, 6.45) is 0. The molecule has 0 unspecified atom stereocenters. The van der Waals surface area contributed by atoms with E-state index in [4.69, 9.17) is 11.6 Å². The number of hydrogen-bond acceptors (Lipinski definition) is 2. The summed E-state index contributed by atoms with van der Waals surface area (Å²) < 4.78 is 27.1. The Labute approximate surface area is 125 Å². The van der Waals surface area contributed by atoms with Crippen LogP contribution in [0, 0.1) is 11.6 Å². The molecule has 1 amide bonds. The summed E-state index contributed by atoms with van der Waals surface area (Å²) in [6.45, 7) is 2.26. The molecule has 0 saturated carbocycles. The van der Waals surface area contributed by atoms with Crippen LogP contribution in [0.5, 0.6) is 0 Å². The normalized spacial score (nSPS) is 10.3. The van der Waals surface area contributed by atoms with Gasteiger partial charge in [0.15, 0.2) is 0 Å². The number of carbonyl (C=O) groups excluding carboxylic acids is 1. The molecule has 0 heterocycles. The van der Waals surface area contributed by atoms with Crippen LogP contribution in [-0.2, 0) is 0 Å². The third kappa shape index (κ3) is 3.49. The second-order valence-electron chi connectivity index (χ2n) is 4.28. The fourth-order valence-electron chi connectivity index (χ4n) is 1.84. The van der Waals surface area contributed by atoms with Gasteiger partial charge in [0.1, 0.15) is 11.6 Å². The summed E-state index contributed by atoms with van der Waals surface area (Å²) in [7, 11) is 0. The number of benzene rings is 2. The Morgan fingerprint density at radius 2 is 1.95 bits per heavy atom. The molecule has 110 valence electrons. The van der Waals surface area contributed by atoms with Crippen molar-refractivity contribution in [2.75, 3.05) is 17.2 Å². The van der Waals surface area contributed by atoms with Crippen LogP contribution in [0.25, 0.3) is 0 Å². The van der Waals surface area contributed by atoms with Gasteiger partial charge in [-0.3, -0.25) is 4.79 Å². The molecule has 0 saturated heterocycles. The van der Waals surface area contributed by atoms with Crippen LogP contribution in [0.4, 0.5) is 20.2 Å². The standard InChI is InChI=1S/C15H13ClF2N2O/c1-2-19-14-10(4-3-5-12(14)17)15(21)20-9-6-7-11(16)13(18)8-9/h3-8,19H,2H2,1H3,(H,20,21). The van der Waals surface area contributed by atoms with E-state index in [1.165, 1.54) is 30.3 Å². The van der Waals surface area contributed by atoms with Crippen molar-refractivity contribution >= 4 is 28.9 Å². The molecule has 0 aliphatic heterocycles. The lowest BCUT2D eigenvalue weighted by Gasteiger charge is -2.12. The first-order valence-corrected chi connectivity index (χ1v) is 6.69. The molecule has 2 rings (SSSR count). The molecule has 6 heteroatoms. The first-order chi connectivity index (χ1) is 10.0. The van der Waals surface area contributed by atoms with Gasteiger partial charge in [0.2, 0.25) is 0 Å². The molecule has 0 radical (unpaired) electrons. The van der Waals surface area contributed by atoms with E-state index in [9.17, 15) is 13.6 Å². The Balaban J connectivity index is 2.28. The highest BCUT2D eigenvalue weighted by molar-refractivity contribution is 6.30. The lowest BCUT2D eigenvalue weighted by atomic mass is 10.1. The zero-order chi connectivity index (χ0) is 15.4. The highest BCUT2D eigenvalue weighted by Gasteiger charge is 2.15. The van der Waals surface area contributed by atoms with Gasteiger partial charge in [0.05, 0.1) is 16.3 Å². The third-order valence-electron chi connectivity index (χ3n) is 2.79. The predicted octanol–water partition coefficient (Wildman–Crippen LogP) is 4.30. The van der Waals surface area contributed by atoms with Crippen molar-refractivity contribution in [2.45, 2.75) is 6.92 Å². The van der Waals surface area contributed by atoms with Crippen LogP contribution in [0.1, 0.15) is 17.3 Å². The Hall–Kier alpha value is -2.14. The molecule has 0 aliphatic rings. The molecule has 0 aliphatic carbocycles. The fraction of sp³-hybridized carbons (Fsp3) is 0.133. The number of nitrogens with one attached hydrogen (secondary N) is 2. The molecule has 2 N–H and O–H groups in total. The maximum Gasteiger partial charge on any atom is 0.257 e. The maximum atomic E-state index is 13.7. The molecule has 0 fully saturated rings. The average molecular weight is 311 g/mol. The second-order valence-corrected chi connectivity index (χ2v) is 4.68. The smallest absolute Gasteiger partial charge is 0.257 e. The van der Waals surface area contributed by atoms with Gasteiger partial charge in [-0.1, -0.05) is 17.7 Å². The number of carbonyl (C=O) groups is 1. The van der Waals surface area contributed by atoms with E-state index < -0.39 is 17.5 Å². The number of para-hydroxylation sites is 1. The van der Waals surface area contributed by atoms with Gasteiger partial charge >= 0.3 is 0 Å². The SMILES string of the molecule is CCNc1c(F)cccc1C(=O)Nc1ccc(Cl)c(F)c1. The molecular weight excluding hydrogens is 298 g/mol. The summed E-state index contributed by atoms with van der Waals surface area (Å²) in [4.78, 5) is 12.2. The topological polar surface area (TPSA) is 41.1 Å². The van der Waals surface area contributed by atoms with Gasteiger partial charge in [0, 0.05) is 12.2 Å². The molecule has 0 bridgehead atoms. The predicted molar refractivity (Wildman–Crippen MR) is 79.9 cm³/mol. The molecule has 0 spiro atoms. The van der Waals surface area contributed by atoms with Crippen molar-refractivity contribution in [1.82, 2.24) is 0 Å². The highest BCUT2D eigenvalue weighted by atomic mass is 35.5. The van der Waals surface area contributed by atoms with Gasteiger partial charge in [-0.05, 0) is 37.3 Å². The highest BCUT2D eigenvalue weighted by Crippen LogP contribution is 2.23. The zero-order valence-corrected chi connectivity index (χ0v) is 12.0. The number of anilines is 2. The van der Waals surface area contributed by atoms with Gasteiger partial charge < -0.3 is 10.6 Å². The fourth-order valence-corrected chi connectivity index (χ4v) is 1.96. The van der Waals surface area contributed by atoms with Crippen molar-refractivity contribution in [3.8, 4) is 0 Å². The average Bonchev–Trinajstić information content (AvgIpc) is 2.45. The van der Waals surface area contributed by atoms with Crippen molar-refractivity contribution < 1.29 is 13.6 Å². The van der Waals surface area contributed by atoms with E-state index in [0.717, 1.165) is 6.07 Å². The summed E-state index contributed by atoms with van der Waals surface area (Å²) in [6, 6.07) is 8.10. The minimum absolute atomic E-state index is 0.0351. The monoisotopic (exact) mass is 310 g/mol. The summed E-state index contributed by atoms with van der Waals surface area (Å²) in [5.41, 5.74) is 0.507. The van der Waals surface area contributed by atoms with Crippen LogP contribution in [-0.4, -0.2) is 12.5 Å². The first kappa shape index (κ1) is 15.3. The molecule has 3 nitrogen and oxygen atoms in total. The summed E-state index contributed by atoms with van der Waals surface area (Å²) >= 11 is 5.57. The Morgan fingerprint density at radius 3 is 2.62 bits per heavy atom. The molecular formula is C15H13ClF2N2O. The summed E-state index contributed by atoms with van der Waals surface area (Å²) in [5, 5.41) is 5.27. The Bertz CT molecular complexity index is 677. The van der Waals surface area contributed by atoms with Crippen LogP contribution in [0.2, 0.25) is 5.02 Å². The quantitative estimate of drug-likeness (QED) is 0.884. The van der Waals surface area contributed by atoms with Gasteiger partial charge in [-0.15, -0.1) is 0 Å². The number of rotatable bonds is 4. The third-order valence-corrected chi connectivity index (χ3v) is 3.10. The van der Waals surface area contributed by atoms with E-state index in [1.807, 2.05) is 0 Å². The lowest BCUT2D eigenvalue weighted by molar-refractivity contribution is 0.102. The molecule has 2 aromatic carbocycles. The lowest BCUT2D eigenvalue weighted by Crippen LogP contribution is -2.16. The minimum Gasteiger partial charge on any atom is -0.382 e. The van der Waals surface area contributed by atoms with Crippen molar-refractivity contribution in [3.63, 3.8) is 0 Å². The van der Waals surface area contributed by atoms with Gasteiger partial charge in [-0.2, -0.15) is 0 Å². The van der Waals surface area contributed by atoms with Crippen LogP contribution in [0.15, 0.2) is 36.4 Å². The largest absolute Gasteiger partial charge is 0.382 e. The van der Waals surface area contributed by atoms with E-state index in [0.29, 0.717) is 6.54 Å². The molecule has 0 aromatic heterocycles. The van der Waals surface area contributed by atoms with E-state index >= 15 is 0 Å². The molecule has 0 atom stereocenters. The minimum atomic E-state index is -0.638. The van der Waals surface area contributed by atoms with Crippen LogP contribution >= 0.6 is 11.6 Å². The van der Waals surface area contributed by atoms with Gasteiger partial charge in [-0.25, -0.2) is 8.78 Å². The Morgan fingerprint density at radius 1 is 1.19 bits per heavy atom. The van der Waals surface area contributed by atoms with Crippen molar-refractivity contribution in [1.29, 1.82) is 0 Å². The number of halogens is 3. The number of hydrogen-bond donors (Lipinski definition) is 2. The summed E-state index contributed by atoms with van der Waals surface area (Å²) in [5.74, 6) is -1.69. The van der Waals surface area contributed by atoms with E-state index in [2.05, 4.69) is 10.6 Å². The second kappa shape index (κ2) is 6.54. The van der Waals surface area contributed by atoms with Crippen molar-refractivity contribution in [2.24, 2.45) is 0 Å². The molecule has 2 aromatic rings. The van der Waals surface area contributed by atoms with E-state index in [1.54, 1.807) is 6.92 Å². The Kier molecular flexibility index (Phi) is 4.75. The van der Waals surface area contributed by atoms with E-state index in [-0.39, 0.29) is 22.0 Å².